The van der Waals surface area contributed by atoms with Crippen LogP contribution in [0.2, 0.25) is 0 Å². The monoisotopic (exact) mass is 342 g/mol. The molecule has 0 aliphatic heterocycles. The van der Waals surface area contributed by atoms with Crippen LogP contribution in [0, 0.1) is 0 Å². The van der Waals surface area contributed by atoms with Gasteiger partial charge in [-0.3, -0.25) is 0 Å². The van der Waals surface area contributed by atoms with Crippen LogP contribution < -0.4 is 15.9 Å². The van der Waals surface area contributed by atoms with E-state index in [1.807, 2.05) is 0 Å². The summed E-state index contributed by atoms with van der Waals surface area (Å²) in [5, 5.41) is 4.31. The minimum atomic E-state index is -2.68. The standard InChI is InChI=1S/C24H23P/c1-25(24-19-11-12-20-24,21-13-5-2-6-14-21,22-15-7-3-8-16-22)23-17-9-4-10-18-23/h2-20,24H,1H3. The van der Waals surface area contributed by atoms with Crippen LogP contribution in [0.5, 0.6) is 0 Å². The van der Waals surface area contributed by atoms with Crippen molar-refractivity contribution in [3.63, 3.8) is 0 Å². The molecule has 0 saturated heterocycles. The molecule has 0 heterocycles. The number of benzene rings is 3. The van der Waals surface area contributed by atoms with Gasteiger partial charge in [-0.05, 0) is 0 Å². The Morgan fingerprint density at radius 2 is 0.840 bits per heavy atom. The van der Waals surface area contributed by atoms with E-state index in [0.717, 1.165) is 0 Å². The maximum atomic E-state index is 2.52. The second kappa shape index (κ2) is 6.14. The molecule has 0 fully saturated rings. The summed E-state index contributed by atoms with van der Waals surface area (Å²) in [6, 6.07) is 33.3. The van der Waals surface area contributed by atoms with Crippen LogP contribution in [0.25, 0.3) is 0 Å². The molecule has 0 spiro atoms. The van der Waals surface area contributed by atoms with Crippen molar-refractivity contribution in [2.45, 2.75) is 5.66 Å². The molecule has 0 nitrogen and oxygen atoms in total. The van der Waals surface area contributed by atoms with Crippen LogP contribution in [0.1, 0.15) is 0 Å². The normalized spacial score (nSPS) is 15.8. The fourth-order valence-electron chi connectivity index (χ4n) is 4.25. The second-order valence-corrected chi connectivity index (χ2v) is 12.4. The van der Waals surface area contributed by atoms with Crippen molar-refractivity contribution in [2.24, 2.45) is 0 Å². The number of allylic oxidation sites excluding steroid dienone is 4. The first-order valence-corrected chi connectivity index (χ1v) is 11.5. The molecule has 1 aliphatic carbocycles. The predicted octanol–water partition coefficient (Wildman–Crippen LogP) is 4.64. The van der Waals surface area contributed by atoms with E-state index in [4.69, 9.17) is 0 Å². The molecule has 0 radical (unpaired) electrons. The summed E-state index contributed by atoms with van der Waals surface area (Å²) < 4.78 is 0. The van der Waals surface area contributed by atoms with Crippen LogP contribution in [0.4, 0.5) is 0 Å². The topological polar surface area (TPSA) is 0 Å². The summed E-state index contributed by atoms with van der Waals surface area (Å²) in [5.41, 5.74) is 0.373. The number of rotatable bonds is 4. The van der Waals surface area contributed by atoms with Crippen molar-refractivity contribution in [3.8, 4) is 0 Å². The average molecular weight is 342 g/mol. The molecule has 124 valence electrons. The first-order chi connectivity index (χ1) is 12.2. The van der Waals surface area contributed by atoms with E-state index >= 15 is 0 Å². The van der Waals surface area contributed by atoms with Gasteiger partial charge in [0.2, 0.25) is 0 Å². The maximum absolute atomic E-state index is 2.68. The van der Waals surface area contributed by atoms with Crippen LogP contribution in [0.15, 0.2) is 115 Å². The van der Waals surface area contributed by atoms with Crippen molar-refractivity contribution in [3.05, 3.63) is 115 Å². The molecular weight excluding hydrogens is 319 g/mol. The Bertz CT molecular complexity index is 797. The molecule has 0 aromatic heterocycles. The summed E-state index contributed by atoms with van der Waals surface area (Å²) in [6.07, 6.45) is 9.16. The Morgan fingerprint density at radius 3 is 1.16 bits per heavy atom. The first-order valence-electron chi connectivity index (χ1n) is 8.77. The quantitative estimate of drug-likeness (QED) is 0.606. The average Bonchev–Trinajstić information content (AvgIpc) is 3.25. The van der Waals surface area contributed by atoms with Gasteiger partial charge in [-0.25, -0.2) is 0 Å². The van der Waals surface area contributed by atoms with E-state index < -0.39 is 6.60 Å². The molecular formula is C24H23P. The Balaban J connectivity index is 2.17. The Labute approximate surface area is 150 Å². The molecule has 1 aliphatic rings. The van der Waals surface area contributed by atoms with Gasteiger partial charge in [0.15, 0.2) is 0 Å². The summed E-state index contributed by atoms with van der Waals surface area (Å²) in [4.78, 5) is 0. The first kappa shape index (κ1) is 16.1. The van der Waals surface area contributed by atoms with Gasteiger partial charge < -0.3 is 0 Å². The number of hydrogen-bond acceptors (Lipinski definition) is 0. The SMILES string of the molecule is CP(c1ccccc1)(c1ccccc1)(c1ccccc1)C1C=CC=C1. The third kappa shape index (κ3) is 2.25. The third-order valence-corrected chi connectivity index (χ3v) is 12.5. The second-order valence-electron chi connectivity index (χ2n) is 6.92. The van der Waals surface area contributed by atoms with Crippen molar-refractivity contribution in [1.82, 2.24) is 0 Å². The molecule has 0 amide bonds. The van der Waals surface area contributed by atoms with E-state index in [-0.39, 0.29) is 0 Å². The molecule has 4 rings (SSSR count). The summed E-state index contributed by atoms with van der Waals surface area (Å²) in [6.45, 7) is -0.155. The fraction of sp³-hybridized carbons (Fsp3) is 0.0833. The third-order valence-electron chi connectivity index (χ3n) is 5.74. The molecule has 25 heavy (non-hydrogen) atoms. The molecule has 3 aromatic carbocycles. The zero-order valence-electron chi connectivity index (χ0n) is 14.5. The van der Waals surface area contributed by atoms with Gasteiger partial charge >= 0.3 is 150 Å². The van der Waals surface area contributed by atoms with Gasteiger partial charge in [0, 0.05) is 0 Å². The Hall–Kier alpha value is -2.43. The fourth-order valence-corrected chi connectivity index (χ4v) is 10.1. The predicted molar refractivity (Wildman–Crippen MR) is 113 cm³/mol. The van der Waals surface area contributed by atoms with Crippen molar-refractivity contribution < 1.29 is 0 Å². The molecule has 0 unspecified atom stereocenters. The summed E-state index contributed by atoms with van der Waals surface area (Å²) >= 11 is 0. The summed E-state index contributed by atoms with van der Waals surface area (Å²) in [7, 11) is 0. The van der Waals surface area contributed by atoms with Gasteiger partial charge in [-0.1, -0.05) is 0 Å². The molecule has 3 aromatic rings. The van der Waals surface area contributed by atoms with Crippen molar-refractivity contribution in [2.75, 3.05) is 6.66 Å². The van der Waals surface area contributed by atoms with E-state index in [1.54, 1.807) is 0 Å². The van der Waals surface area contributed by atoms with Crippen LogP contribution >= 0.6 is 6.60 Å². The van der Waals surface area contributed by atoms with E-state index in [9.17, 15) is 0 Å². The van der Waals surface area contributed by atoms with E-state index in [2.05, 4.69) is 122 Å². The molecule has 0 N–H and O–H groups in total. The minimum absolute atomic E-state index is 0.373. The summed E-state index contributed by atoms with van der Waals surface area (Å²) in [5.74, 6) is 0. The van der Waals surface area contributed by atoms with Crippen LogP contribution in [0.3, 0.4) is 0 Å². The van der Waals surface area contributed by atoms with Gasteiger partial charge in [-0.2, -0.15) is 0 Å². The van der Waals surface area contributed by atoms with Crippen LogP contribution in [-0.2, 0) is 0 Å². The van der Waals surface area contributed by atoms with Crippen molar-refractivity contribution in [1.29, 1.82) is 0 Å². The van der Waals surface area contributed by atoms with Crippen LogP contribution in [-0.4, -0.2) is 12.3 Å². The van der Waals surface area contributed by atoms with Gasteiger partial charge in [0.25, 0.3) is 0 Å². The Morgan fingerprint density at radius 1 is 0.520 bits per heavy atom. The zero-order chi connectivity index (χ0) is 17.2. The van der Waals surface area contributed by atoms with E-state index in [0.29, 0.717) is 5.66 Å². The van der Waals surface area contributed by atoms with Crippen molar-refractivity contribution >= 4 is 22.5 Å². The number of hydrogen-bond donors (Lipinski definition) is 0. The molecule has 0 saturated carbocycles. The molecule has 0 atom stereocenters. The van der Waals surface area contributed by atoms with E-state index in [1.165, 1.54) is 15.9 Å². The Kier molecular flexibility index (Phi) is 3.94. The van der Waals surface area contributed by atoms with Gasteiger partial charge in [0.1, 0.15) is 0 Å². The molecule has 0 bridgehead atoms. The van der Waals surface area contributed by atoms with Gasteiger partial charge in [0.05, 0.1) is 0 Å². The zero-order valence-corrected chi connectivity index (χ0v) is 15.4. The van der Waals surface area contributed by atoms with Gasteiger partial charge in [-0.15, -0.1) is 0 Å². The molecule has 1 heteroatoms.